The predicted octanol–water partition coefficient (Wildman–Crippen LogP) is 4.59. The van der Waals surface area contributed by atoms with Gasteiger partial charge in [-0.15, -0.1) is 0 Å². The van der Waals surface area contributed by atoms with Crippen LogP contribution in [0.4, 0.5) is 5.69 Å². The van der Waals surface area contributed by atoms with E-state index < -0.39 is 0 Å². The average Bonchev–Trinajstić information content (AvgIpc) is 2.86. The molecular weight excluding hydrogens is 426 g/mol. The number of piperidine rings is 1. The third kappa shape index (κ3) is 6.02. The van der Waals surface area contributed by atoms with E-state index in [-0.39, 0.29) is 29.5 Å². The normalized spacial score (nSPS) is 15.4. The van der Waals surface area contributed by atoms with E-state index in [1.165, 1.54) is 5.56 Å². The molecule has 1 aliphatic rings. The summed E-state index contributed by atoms with van der Waals surface area (Å²) in [4.78, 5) is 27.3. The van der Waals surface area contributed by atoms with Crippen molar-refractivity contribution in [2.75, 3.05) is 25.0 Å². The lowest BCUT2D eigenvalue weighted by Gasteiger charge is -2.31. The standard InChI is InChI=1S/C28H31N3O3/c1-20(21-11-13-23(14-12-21)22-7-3-2-4-8-22)29-27(33)19-31-17-15-24(16-18-31)28(34)30-25-9-5-6-10-26(25)32/h2-14,20,24,32H,15-19H2,1H3,(H,29,33)(H,30,34). The van der Waals surface area contributed by atoms with Crippen LogP contribution in [-0.2, 0) is 9.59 Å². The fourth-order valence-corrected chi connectivity index (χ4v) is 4.34. The van der Waals surface area contributed by atoms with Gasteiger partial charge in [-0.25, -0.2) is 0 Å². The maximum Gasteiger partial charge on any atom is 0.234 e. The molecule has 1 saturated heterocycles. The largest absolute Gasteiger partial charge is 0.506 e. The molecule has 0 aliphatic carbocycles. The Morgan fingerprint density at radius 2 is 1.53 bits per heavy atom. The smallest absolute Gasteiger partial charge is 0.234 e. The van der Waals surface area contributed by atoms with Crippen LogP contribution in [0.1, 0.15) is 31.4 Å². The molecule has 176 valence electrons. The second-order valence-corrected chi connectivity index (χ2v) is 8.83. The quantitative estimate of drug-likeness (QED) is 0.454. The molecule has 34 heavy (non-hydrogen) atoms. The van der Waals surface area contributed by atoms with Crippen LogP contribution in [0.2, 0.25) is 0 Å². The van der Waals surface area contributed by atoms with E-state index in [4.69, 9.17) is 0 Å². The number of hydrogen-bond donors (Lipinski definition) is 3. The molecule has 4 rings (SSSR count). The highest BCUT2D eigenvalue weighted by molar-refractivity contribution is 5.94. The number of para-hydroxylation sites is 2. The first kappa shape index (κ1) is 23.5. The van der Waals surface area contributed by atoms with Gasteiger partial charge in [0.2, 0.25) is 11.8 Å². The molecule has 3 aromatic rings. The van der Waals surface area contributed by atoms with Crippen molar-refractivity contribution in [1.29, 1.82) is 0 Å². The van der Waals surface area contributed by atoms with Crippen LogP contribution in [0.25, 0.3) is 11.1 Å². The van der Waals surface area contributed by atoms with Crippen LogP contribution in [0.3, 0.4) is 0 Å². The molecule has 0 saturated carbocycles. The number of nitrogens with one attached hydrogen (secondary N) is 2. The van der Waals surface area contributed by atoms with Crippen molar-refractivity contribution in [1.82, 2.24) is 10.2 Å². The highest BCUT2D eigenvalue weighted by Crippen LogP contribution is 2.25. The van der Waals surface area contributed by atoms with E-state index in [2.05, 4.69) is 51.9 Å². The van der Waals surface area contributed by atoms with Crippen molar-refractivity contribution in [3.05, 3.63) is 84.4 Å². The minimum Gasteiger partial charge on any atom is -0.506 e. The Hall–Kier alpha value is -3.64. The lowest BCUT2D eigenvalue weighted by molar-refractivity contribution is -0.124. The number of phenolic OH excluding ortho intramolecular Hbond substituents is 1. The number of hydrogen-bond acceptors (Lipinski definition) is 4. The van der Waals surface area contributed by atoms with E-state index in [9.17, 15) is 14.7 Å². The van der Waals surface area contributed by atoms with Crippen LogP contribution in [0.5, 0.6) is 5.75 Å². The third-order valence-corrected chi connectivity index (χ3v) is 6.38. The SMILES string of the molecule is CC(NC(=O)CN1CCC(C(=O)Nc2ccccc2O)CC1)c1ccc(-c2ccccc2)cc1. The maximum absolute atomic E-state index is 12.6. The molecule has 1 fully saturated rings. The number of phenols is 1. The molecule has 1 atom stereocenters. The lowest BCUT2D eigenvalue weighted by atomic mass is 9.95. The first-order valence-corrected chi connectivity index (χ1v) is 11.8. The number of carbonyl (C=O) groups excluding carboxylic acids is 2. The van der Waals surface area contributed by atoms with Gasteiger partial charge in [0.15, 0.2) is 0 Å². The molecule has 0 spiro atoms. The minimum atomic E-state index is -0.124. The Kier molecular flexibility index (Phi) is 7.60. The number of carbonyl (C=O) groups is 2. The van der Waals surface area contributed by atoms with Gasteiger partial charge in [-0.05, 0) is 61.7 Å². The van der Waals surface area contributed by atoms with Gasteiger partial charge >= 0.3 is 0 Å². The fourth-order valence-electron chi connectivity index (χ4n) is 4.34. The van der Waals surface area contributed by atoms with Gasteiger partial charge in [0, 0.05) is 5.92 Å². The number of benzene rings is 3. The zero-order valence-electron chi connectivity index (χ0n) is 19.4. The number of likely N-dealkylation sites (tertiary alicyclic amines) is 1. The topological polar surface area (TPSA) is 81.7 Å². The summed E-state index contributed by atoms with van der Waals surface area (Å²) in [6, 6.07) is 25.1. The molecule has 0 aromatic heterocycles. The molecule has 0 radical (unpaired) electrons. The molecule has 1 heterocycles. The Balaban J connectivity index is 1.22. The summed E-state index contributed by atoms with van der Waals surface area (Å²) >= 11 is 0. The zero-order valence-corrected chi connectivity index (χ0v) is 19.4. The number of aromatic hydroxyl groups is 1. The first-order chi connectivity index (χ1) is 16.5. The summed E-state index contributed by atoms with van der Waals surface area (Å²) in [7, 11) is 0. The van der Waals surface area contributed by atoms with E-state index in [0.29, 0.717) is 38.2 Å². The monoisotopic (exact) mass is 457 g/mol. The Morgan fingerprint density at radius 1 is 0.912 bits per heavy atom. The van der Waals surface area contributed by atoms with Crippen LogP contribution in [0, 0.1) is 5.92 Å². The number of nitrogens with zero attached hydrogens (tertiary/aromatic N) is 1. The number of amides is 2. The molecule has 6 heteroatoms. The Bertz CT molecular complexity index is 1110. The molecular formula is C28H31N3O3. The molecule has 0 bridgehead atoms. The van der Waals surface area contributed by atoms with E-state index in [1.54, 1.807) is 24.3 Å². The van der Waals surface area contributed by atoms with Gasteiger partial charge in [-0.3, -0.25) is 14.5 Å². The van der Waals surface area contributed by atoms with Crippen molar-refractivity contribution < 1.29 is 14.7 Å². The highest BCUT2D eigenvalue weighted by atomic mass is 16.3. The van der Waals surface area contributed by atoms with Crippen LogP contribution in [0.15, 0.2) is 78.9 Å². The minimum absolute atomic E-state index is 0.0169. The van der Waals surface area contributed by atoms with Crippen LogP contribution < -0.4 is 10.6 Å². The van der Waals surface area contributed by atoms with Gasteiger partial charge in [-0.2, -0.15) is 0 Å². The van der Waals surface area contributed by atoms with Crippen LogP contribution in [-0.4, -0.2) is 41.5 Å². The van der Waals surface area contributed by atoms with E-state index >= 15 is 0 Å². The molecule has 3 N–H and O–H groups in total. The zero-order chi connectivity index (χ0) is 23.9. The number of anilines is 1. The number of rotatable bonds is 7. The highest BCUT2D eigenvalue weighted by Gasteiger charge is 2.26. The summed E-state index contributed by atoms with van der Waals surface area (Å²) in [5, 5.41) is 15.7. The fraction of sp³-hybridized carbons (Fsp3) is 0.286. The second-order valence-electron chi connectivity index (χ2n) is 8.83. The molecule has 1 unspecified atom stereocenters. The maximum atomic E-state index is 12.6. The van der Waals surface area contributed by atoms with Gasteiger partial charge in [0.05, 0.1) is 18.3 Å². The van der Waals surface area contributed by atoms with Gasteiger partial charge in [-0.1, -0.05) is 66.7 Å². The summed E-state index contributed by atoms with van der Waals surface area (Å²) in [6.45, 7) is 3.68. The van der Waals surface area contributed by atoms with Gasteiger partial charge in [0.1, 0.15) is 5.75 Å². The van der Waals surface area contributed by atoms with E-state index in [0.717, 1.165) is 11.1 Å². The van der Waals surface area contributed by atoms with Crippen molar-refractivity contribution in [3.63, 3.8) is 0 Å². The first-order valence-electron chi connectivity index (χ1n) is 11.8. The van der Waals surface area contributed by atoms with Crippen molar-refractivity contribution in [2.45, 2.75) is 25.8 Å². The van der Waals surface area contributed by atoms with Crippen LogP contribution >= 0.6 is 0 Å². The molecule has 6 nitrogen and oxygen atoms in total. The van der Waals surface area contributed by atoms with Crippen molar-refractivity contribution >= 4 is 17.5 Å². The summed E-state index contributed by atoms with van der Waals surface area (Å²) in [6.07, 6.45) is 1.37. The Morgan fingerprint density at radius 3 is 2.21 bits per heavy atom. The summed E-state index contributed by atoms with van der Waals surface area (Å²) in [5.74, 6) is -0.162. The van der Waals surface area contributed by atoms with Gasteiger partial charge in [0.25, 0.3) is 0 Å². The third-order valence-electron chi connectivity index (χ3n) is 6.38. The molecule has 1 aliphatic heterocycles. The lowest BCUT2D eigenvalue weighted by Crippen LogP contribution is -2.43. The second kappa shape index (κ2) is 11.0. The average molecular weight is 458 g/mol. The van der Waals surface area contributed by atoms with Crippen molar-refractivity contribution in [3.8, 4) is 16.9 Å². The predicted molar refractivity (Wildman–Crippen MR) is 134 cm³/mol. The molecule has 3 aromatic carbocycles. The van der Waals surface area contributed by atoms with Gasteiger partial charge < -0.3 is 15.7 Å². The van der Waals surface area contributed by atoms with E-state index in [1.807, 2.05) is 25.1 Å². The summed E-state index contributed by atoms with van der Waals surface area (Å²) < 4.78 is 0. The summed E-state index contributed by atoms with van der Waals surface area (Å²) in [5.41, 5.74) is 3.81. The Labute approximate surface area is 200 Å². The van der Waals surface area contributed by atoms with Crippen molar-refractivity contribution in [2.24, 2.45) is 5.92 Å². The molecule has 2 amide bonds.